The Hall–Kier alpha value is -5.56. The Bertz CT molecular complexity index is 2640. The second kappa shape index (κ2) is 17.7. The number of hydrogen-bond donors (Lipinski definition) is 3. The highest BCUT2D eigenvalue weighted by molar-refractivity contribution is 7.90. The highest BCUT2D eigenvalue weighted by atomic mass is 35.5. The molecule has 1 amide bonds. The number of H-pyrrole nitrogens is 1. The Labute approximate surface area is 364 Å². The summed E-state index contributed by atoms with van der Waals surface area (Å²) in [4.78, 5) is 34.4. The maximum Gasteiger partial charge on any atom is 0.295 e. The quantitative estimate of drug-likeness (QED) is 0.0859. The van der Waals surface area contributed by atoms with Crippen molar-refractivity contribution in [2.45, 2.75) is 30.8 Å². The molecule has 0 bridgehead atoms. The van der Waals surface area contributed by atoms with Crippen LogP contribution in [-0.2, 0) is 14.8 Å². The Morgan fingerprint density at radius 1 is 0.952 bits per heavy atom. The predicted octanol–water partition coefficient (Wildman–Crippen LogP) is 7.13. The smallest absolute Gasteiger partial charge is 0.295 e. The van der Waals surface area contributed by atoms with Gasteiger partial charge in [-0.3, -0.25) is 19.8 Å². The number of aromatic nitrogens is 1. The number of piperazine rings is 2. The van der Waals surface area contributed by atoms with Gasteiger partial charge in [-0.15, -0.1) is 0 Å². The molecule has 0 spiro atoms. The van der Waals surface area contributed by atoms with Gasteiger partial charge in [-0.25, -0.2) is 22.5 Å². The molecule has 8 rings (SSSR count). The number of nitrogens with zero attached hydrogens (tertiary/aromatic N) is 5. The third kappa shape index (κ3) is 9.72. The zero-order valence-corrected chi connectivity index (χ0v) is 36.2. The Balaban J connectivity index is 1.02. The lowest BCUT2D eigenvalue weighted by molar-refractivity contribution is -0.384. The van der Waals surface area contributed by atoms with Crippen molar-refractivity contribution in [1.29, 1.82) is 0 Å². The minimum atomic E-state index is -4.64. The molecule has 3 aliphatic heterocycles. The van der Waals surface area contributed by atoms with Gasteiger partial charge in [0.05, 0.1) is 27.6 Å². The van der Waals surface area contributed by atoms with Gasteiger partial charge in [0.15, 0.2) is 11.6 Å². The first kappa shape index (κ1) is 43.1. The first-order valence-electron chi connectivity index (χ1n) is 20.3. The molecule has 3 N–H and O–H groups in total. The number of hydrazine groups is 1. The summed E-state index contributed by atoms with van der Waals surface area (Å²) >= 11 is 6.21. The van der Waals surface area contributed by atoms with Crippen molar-refractivity contribution >= 4 is 61.1 Å². The summed E-state index contributed by atoms with van der Waals surface area (Å²) in [6.45, 7) is 10.8. The highest BCUT2D eigenvalue weighted by Crippen LogP contribution is 2.37. The normalized spacial score (nSPS) is 17.9. The number of hydrogen-bond acceptors (Lipinski definition) is 12. The van der Waals surface area contributed by atoms with Gasteiger partial charge < -0.3 is 29.7 Å². The number of fused-ring (bicyclic) bond motifs is 1. The Morgan fingerprint density at radius 3 is 2.42 bits per heavy atom. The molecule has 0 radical (unpaired) electrons. The van der Waals surface area contributed by atoms with E-state index in [4.69, 9.17) is 21.1 Å². The molecule has 2 fully saturated rings. The Morgan fingerprint density at radius 2 is 1.69 bits per heavy atom. The lowest BCUT2D eigenvalue weighted by atomic mass is 9.87. The summed E-state index contributed by atoms with van der Waals surface area (Å²) in [6, 6.07) is 20.6. The van der Waals surface area contributed by atoms with Crippen LogP contribution in [0.15, 0.2) is 95.5 Å². The molecular weight excluding hydrogens is 839 g/mol. The van der Waals surface area contributed by atoms with Gasteiger partial charge in [-0.05, 0) is 86.1 Å². The number of aromatic amines is 1. The number of benzene rings is 4. The number of rotatable bonds is 12. The molecule has 326 valence electrons. The van der Waals surface area contributed by atoms with Gasteiger partial charge in [0, 0.05) is 111 Å². The summed E-state index contributed by atoms with van der Waals surface area (Å²) in [5.74, 6) is -2.01. The molecule has 3 aliphatic rings. The fourth-order valence-corrected chi connectivity index (χ4v) is 9.09. The standard InChI is InChI=1S/C44H48ClFN8O7S/c1-44(2)26-36(29-4-6-32(45)7-5-29)31(28-60-44)27-51-16-18-52(19-17-51)33-8-10-35(41(23-33)61-42-22-30-12-13-47-39(30)25-37(42)46)43(55)49-62(58,59)34-9-11-38(40(24-34)54(56)57)48-53-20-14-50(3)15-21-53/h4-13,22-25,47-48H,14-21,26-28H2,1-3H3,(H,49,55). The summed E-state index contributed by atoms with van der Waals surface area (Å²) in [5.41, 5.74) is 7.02. The number of carbonyl (C=O) groups is 1. The third-order valence-corrected chi connectivity index (χ3v) is 13.1. The van der Waals surface area contributed by atoms with Crippen LogP contribution in [0.5, 0.6) is 11.5 Å². The largest absolute Gasteiger partial charge is 0.453 e. The number of nitrogens with one attached hydrogen (secondary N) is 3. The summed E-state index contributed by atoms with van der Waals surface area (Å²) < 4.78 is 57.2. The van der Waals surface area contributed by atoms with Gasteiger partial charge in [0.2, 0.25) is 0 Å². The average Bonchev–Trinajstić information content (AvgIpc) is 3.69. The number of anilines is 2. The number of nitro benzene ring substituents is 1. The van der Waals surface area contributed by atoms with Crippen LogP contribution in [-0.4, -0.2) is 117 Å². The zero-order chi connectivity index (χ0) is 43.8. The lowest BCUT2D eigenvalue weighted by Crippen LogP contribution is -2.47. The van der Waals surface area contributed by atoms with Gasteiger partial charge in [-0.1, -0.05) is 23.7 Å². The summed E-state index contributed by atoms with van der Waals surface area (Å²) in [6.07, 6.45) is 2.43. The van der Waals surface area contributed by atoms with Crippen molar-refractivity contribution in [2.75, 3.05) is 82.9 Å². The number of amides is 1. The maximum atomic E-state index is 15.5. The van der Waals surface area contributed by atoms with E-state index in [9.17, 15) is 23.3 Å². The van der Waals surface area contributed by atoms with Crippen LogP contribution < -0.4 is 19.8 Å². The van der Waals surface area contributed by atoms with Crippen LogP contribution in [0, 0.1) is 15.9 Å². The predicted molar refractivity (Wildman–Crippen MR) is 237 cm³/mol. The molecule has 62 heavy (non-hydrogen) atoms. The molecule has 0 saturated carbocycles. The molecule has 1 aromatic heterocycles. The van der Waals surface area contributed by atoms with Crippen molar-refractivity contribution < 1.29 is 32.0 Å². The van der Waals surface area contributed by atoms with Crippen LogP contribution >= 0.6 is 11.6 Å². The van der Waals surface area contributed by atoms with Crippen molar-refractivity contribution in [2.24, 2.45) is 0 Å². The highest BCUT2D eigenvalue weighted by Gasteiger charge is 2.31. The molecule has 0 atom stereocenters. The van der Waals surface area contributed by atoms with Gasteiger partial charge >= 0.3 is 0 Å². The topological polar surface area (TPSA) is 166 Å². The number of likely N-dealkylation sites (N-methyl/N-ethyl adjacent to an activating group) is 1. The molecule has 0 aliphatic carbocycles. The second-order valence-electron chi connectivity index (χ2n) is 16.5. The first-order valence-corrected chi connectivity index (χ1v) is 22.2. The molecule has 5 aromatic rings. The van der Waals surface area contributed by atoms with E-state index >= 15 is 4.39 Å². The van der Waals surface area contributed by atoms with Gasteiger partial charge in [0.25, 0.3) is 21.6 Å². The van der Waals surface area contributed by atoms with E-state index in [1.807, 2.05) is 28.9 Å². The third-order valence-electron chi connectivity index (χ3n) is 11.5. The van der Waals surface area contributed by atoms with Crippen LogP contribution in [0.4, 0.5) is 21.5 Å². The minimum absolute atomic E-state index is 0.0798. The minimum Gasteiger partial charge on any atom is -0.453 e. The van der Waals surface area contributed by atoms with E-state index in [-0.39, 0.29) is 28.4 Å². The van der Waals surface area contributed by atoms with Crippen molar-refractivity contribution in [3.05, 3.63) is 123 Å². The van der Waals surface area contributed by atoms with E-state index in [1.165, 1.54) is 41.5 Å². The molecule has 18 heteroatoms. The van der Waals surface area contributed by atoms with E-state index < -0.39 is 37.3 Å². The van der Waals surface area contributed by atoms with E-state index in [0.717, 1.165) is 37.7 Å². The molecule has 2 saturated heterocycles. The lowest BCUT2D eigenvalue weighted by Gasteiger charge is -2.39. The second-order valence-corrected chi connectivity index (χ2v) is 18.6. The number of sulfonamides is 1. The van der Waals surface area contributed by atoms with Gasteiger partial charge in [0.1, 0.15) is 11.4 Å². The summed E-state index contributed by atoms with van der Waals surface area (Å²) in [7, 11) is -2.66. The molecule has 0 unspecified atom stereocenters. The van der Waals surface area contributed by atoms with Crippen molar-refractivity contribution in [1.82, 2.24) is 24.5 Å². The SMILES string of the molecule is CN1CCN(Nc2ccc(S(=O)(=O)NC(=O)c3ccc(N4CCN(CC5=C(c6ccc(Cl)cc6)CC(C)(C)OC5)CC4)cc3Oc3cc4cc[nH]c4cc3F)cc2[N+](=O)[O-])CC1. The summed E-state index contributed by atoms with van der Waals surface area (Å²) in [5, 5.41) is 15.3. The van der Waals surface area contributed by atoms with Crippen LogP contribution in [0.3, 0.4) is 0 Å². The van der Waals surface area contributed by atoms with Crippen molar-refractivity contribution in [3.8, 4) is 11.5 Å². The number of ether oxygens (including phenoxy) is 2. The molecular formula is C44H48ClFN8O7S. The van der Waals surface area contributed by atoms with Gasteiger partial charge in [-0.2, -0.15) is 0 Å². The Kier molecular flexibility index (Phi) is 12.3. The fourth-order valence-electron chi connectivity index (χ4n) is 7.98. The van der Waals surface area contributed by atoms with Crippen molar-refractivity contribution in [3.63, 3.8) is 0 Å². The van der Waals surface area contributed by atoms with E-state index in [2.05, 4.69) is 51.1 Å². The number of nitro groups is 1. The average molecular weight is 887 g/mol. The van der Waals surface area contributed by atoms with Crippen LogP contribution in [0.1, 0.15) is 36.2 Å². The molecule has 4 aromatic carbocycles. The first-order chi connectivity index (χ1) is 29.6. The number of carbonyl (C=O) groups excluding carboxylic acids is 1. The number of halogens is 2. The molecule has 4 heterocycles. The molecule has 15 nitrogen and oxygen atoms in total. The van der Waals surface area contributed by atoms with Crippen LogP contribution in [0.2, 0.25) is 5.02 Å². The monoisotopic (exact) mass is 886 g/mol. The van der Waals surface area contributed by atoms with E-state index in [0.29, 0.717) is 67.5 Å². The van der Waals surface area contributed by atoms with Crippen LogP contribution in [0.25, 0.3) is 16.5 Å². The maximum absolute atomic E-state index is 15.5. The zero-order valence-electron chi connectivity index (χ0n) is 34.6. The van der Waals surface area contributed by atoms with E-state index in [1.54, 1.807) is 24.4 Å². The fraction of sp³-hybridized carbons (Fsp3) is 0.341.